The molecule has 0 aliphatic carbocycles. The van der Waals surface area contributed by atoms with Crippen LogP contribution in [-0.4, -0.2) is 5.16 Å². The minimum atomic E-state index is -0.437. The quantitative estimate of drug-likeness (QED) is 0.886. The van der Waals surface area contributed by atoms with Crippen molar-refractivity contribution in [3.63, 3.8) is 0 Å². The van der Waals surface area contributed by atoms with Gasteiger partial charge in [0.2, 0.25) is 5.88 Å². The van der Waals surface area contributed by atoms with Crippen LogP contribution in [0.3, 0.4) is 0 Å². The van der Waals surface area contributed by atoms with Gasteiger partial charge in [0.25, 0.3) is 0 Å². The largest absolute Gasteiger partial charge is 0.367 e. The lowest BCUT2D eigenvalue weighted by molar-refractivity contribution is 0.437. The van der Waals surface area contributed by atoms with E-state index in [9.17, 15) is 4.39 Å². The molecule has 1 aromatic carbocycles. The molecule has 3 nitrogen and oxygen atoms in total. The van der Waals surface area contributed by atoms with Crippen LogP contribution in [0, 0.1) is 5.82 Å². The molecule has 0 fully saturated rings. The predicted octanol–water partition coefficient (Wildman–Crippen LogP) is 3.84. The highest BCUT2D eigenvalue weighted by Gasteiger charge is 2.22. The number of rotatable bonds is 2. The van der Waals surface area contributed by atoms with Gasteiger partial charge in [0.1, 0.15) is 11.5 Å². The zero-order valence-corrected chi connectivity index (χ0v) is 10.3. The van der Waals surface area contributed by atoms with Crippen LogP contribution in [0.25, 0.3) is 11.3 Å². The van der Waals surface area contributed by atoms with Gasteiger partial charge in [0, 0.05) is 5.56 Å². The van der Waals surface area contributed by atoms with E-state index in [0.717, 1.165) is 0 Å². The van der Waals surface area contributed by atoms with Crippen molar-refractivity contribution in [2.45, 2.75) is 19.8 Å². The van der Waals surface area contributed by atoms with Gasteiger partial charge < -0.3 is 10.3 Å². The van der Waals surface area contributed by atoms with Crippen LogP contribution < -0.4 is 5.73 Å². The molecule has 0 amide bonds. The first kappa shape index (κ1) is 11.9. The van der Waals surface area contributed by atoms with Crippen LogP contribution in [0.15, 0.2) is 22.7 Å². The smallest absolute Gasteiger partial charge is 0.226 e. The van der Waals surface area contributed by atoms with Crippen molar-refractivity contribution in [1.29, 1.82) is 0 Å². The van der Waals surface area contributed by atoms with Gasteiger partial charge in [-0.15, -0.1) is 0 Å². The summed E-state index contributed by atoms with van der Waals surface area (Å²) in [4.78, 5) is 0. The zero-order chi connectivity index (χ0) is 12.6. The van der Waals surface area contributed by atoms with Crippen LogP contribution in [-0.2, 0) is 0 Å². The summed E-state index contributed by atoms with van der Waals surface area (Å²) in [5.74, 6) is -0.158. The van der Waals surface area contributed by atoms with Crippen LogP contribution in [0.1, 0.15) is 25.3 Å². The summed E-state index contributed by atoms with van der Waals surface area (Å²) in [7, 11) is 0. The summed E-state index contributed by atoms with van der Waals surface area (Å²) in [5, 5.41) is 4.10. The molecule has 0 aliphatic rings. The number of benzene rings is 1. The van der Waals surface area contributed by atoms with Gasteiger partial charge in [0.05, 0.1) is 10.6 Å². The van der Waals surface area contributed by atoms with E-state index < -0.39 is 5.82 Å². The number of anilines is 1. The van der Waals surface area contributed by atoms with E-state index in [-0.39, 0.29) is 17.4 Å². The second-order valence-electron chi connectivity index (χ2n) is 4.06. The topological polar surface area (TPSA) is 52.0 Å². The summed E-state index contributed by atoms with van der Waals surface area (Å²) in [6.07, 6.45) is 0. The fourth-order valence-electron chi connectivity index (χ4n) is 1.77. The number of hydrogen-bond donors (Lipinski definition) is 1. The van der Waals surface area contributed by atoms with Crippen molar-refractivity contribution in [3.8, 4) is 11.3 Å². The van der Waals surface area contributed by atoms with E-state index >= 15 is 0 Å². The highest BCUT2D eigenvalue weighted by molar-refractivity contribution is 6.33. The van der Waals surface area contributed by atoms with E-state index in [4.69, 9.17) is 21.9 Å². The Balaban J connectivity index is 2.69. The first-order chi connectivity index (χ1) is 8.02. The standard InChI is InChI=1S/C12H12ClFN2O/c1-6(2)9-11(16-17-12(9)15)10-7(13)4-3-5-8(10)14/h3-6H,15H2,1-2H3. The van der Waals surface area contributed by atoms with E-state index in [0.29, 0.717) is 16.3 Å². The van der Waals surface area contributed by atoms with Gasteiger partial charge in [-0.1, -0.05) is 36.7 Å². The third-order valence-corrected chi connectivity index (χ3v) is 2.85. The molecule has 1 heterocycles. The summed E-state index contributed by atoms with van der Waals surface area (Å²) >= 11 is 5.99. The van der Waals surface area contributed by atoms with Crippen molar-refractivity contribution in [1.82, 2.24) is 5.16 Å². The molecule has 1 aromatic heterocycles. The molecular weight excluding hydrogens is 243 g/mol. The van der Waals surface area contributed by atoms with Gasteiger partial charge in [0.15, 0.2) is 0 Å². The molecule has 17 heavy (non-hydrogen) atoms. The molecule has 0 bridgehead atoms. The fraction of sp³-hybridized carbons (Fsp3) is 0.250. The van der Waals surface area contributed by atoms with E-state index in [2.05, 4.69) is 5.16 Å². The molecule has 0 radical (unpaired) electrons. The first-order valence-corrected chi connectivity index (χ1v) is 5.59. The summed E-state index contributed by atoms with van der Waals surface area (Å²) in [6.45, 7) is 3.86. The molecule has 5 heteroatoms. The molecule has 0 atom stereocenters. The van der Waals surface area contributed by atoms with Crippen LogP contribution in [0.5, 0.6) is 0 Å². The Kier molecular flexibility index (Phi) is 3.07. The molecular formula is C12H12ClFN2O. The third-order valence-electron chi connectivity index (χ3n) is 2.53. The van der Waals surface area contributed by atoms with Crippen molar-refractivity contribution in [3.05, 3.63) is 34.6 Å². The van der Waals surface area contributed by atoms with Gasteiger partial charge >= 0.3 is 0 Å². The van der Waals surface area contributed by atoms with Gasteiger partial charge in [-0.3, -0.25) is 0 Å². The Hall–Kier alpha value is -1.55. The number of halogens is 2. The Labute approximate surface area is 103 Å². The van der Waals surface area contributed by atoms with Crippen molar-refractivity contribution in [2.24, 2.45) is 0 Å². The summed E-state index contributed by atoms with van der Waals surface area (Å²) in [6, 6.07) is 4.48. The number of hydrogen-bond acceptors (Lipinski definition) is 3. The maximum Gasteiger partial charge on any atom is 0.226 e. The summed E-state index contributed by atoms with van der Waals surface area (Å²) < 4.78 is 18.7. The molecule has 90 valence electrons. The molecule has 0 saturated carbocycles. The lowest BCUT2D eigenvalue weighted by Crippen LogP contribution is -1.96. The molecule has 0 unspecified atom stereocenters. The zero-order valence-electron chi connectivity index (χ0n) is 9.50. The van der Waals surface area contributed by atoms with Crippen LogP contribution >= 0.6 is 11.6 Å². The Morgan fingerprint density at radius 1 is 1.41 bits per heavy atom. The van der Waals surface area contributed by atoms with Crippen molar-refractivity contribution >= 4 is 17.5 Å². The highest BCUT2D eigenvalue weighted by Crippen LogP contribution is 2.37. The van der Waals surface area contributed by atoms with Gasteiger partial charge in [-0.2, -0.15) is 0 Å². The predicted molar refractivity (Wildman–Crippen MR) is 65.4 cm³/mol. The minimum absolute atomic E-state index is 0.0759. The fourth-order valence-corrected chi connectivity index (χ4v) is 2.02. The van der Waals surface area contributed by atoms with Gasteiger partial charge in [-0.05, 0) is 18.1 Å². The lowest BCUT2D eigenvalue weighted by Gasteiger charge is -2.07. The third kappa shape index (κ3) is 2.00. The second-order valence-corrected chi connectivity index (χ2v) is 4.47. The number of nitrogens with zero attached hydrogens (tertiary/aromatic N) is 1. The Morgan fingerprint density at radius 2 is 2.12 bits per heavy atom. The highest BCUT2D eigenvalue weighted by atomic mass is 35.5. The lowest BCUT2D eigenvalue weighted by atomic mass is 9.98. The van der Waals surface area contributed by atoms with E-state index in [1.807, 2.05) is 13.8 Å². The average Bonchev–Trinajstić information content (AvgIpc) is 2.60. The maximum absolute atomic E-state index is 13.8. The molecule has 2 aromatic rings. The van der Waals surface area contributed by atoms with Crippen LogP contribution in [0.4, 0.5) is 10.3 Å². The number of nitrogen functional groups attached to an aromatic ring is 1. The molecule has 0 saturated heterocycles. The van der Waals surface area contributed by atoms with E-state index in [1.54, 1.807) is 12.1 Å². The van der Waals surface area contributed by atoms with Crippen molar-refractivity contribution in [2.75, 3.05) is 5.73 Å². The van der Waals surface area contributed by atoms with Crippen molar-refractivity contribution < 1.29 is 8.91 Å². The number of nitrogens with two attached hydrogens (primary N) is 1. The molecule has 0 aliphatic heterocycles. The minimum Gasteiger partial charge on any atom is -0.367 e. The number of aromatic nitrogens is 1. The monoisotopic (exact) mass is 254 g/mol. The van der Waals surface area contributed by atoms with Gasteiger partial charge in [-0.25, -0.2) is 4.39 Å². The molecule has 2 rings (SSSR count). The SMILES string of the molecule is CC(C)c1c(-c2c(F)cccc2Cl)noc1N. The molecule has 0 spiro atoms. The Bertz CT molecular complexity index is 531. The Morgan fingerprint density at radius 3 is 2.71 bits per heavy atom. The first-order valence-electron chi connectivity index (χ1n) is 5.21. The summed E-state index contributed by atoms with van der Waals surface area (Å²) in [5.41, 5.74) is 6.97. The average molecular weight is 255 g/mol. The maximum atomic E-state index is 13.8. The van der Waals surface area contributed by atoms with E-state index in [1.165, 1.54) is 6.07 Å². The molecule has 2 N–H and O–H groups in total. The van der Waals surface area contributed by atoms with Crippen LogP contribution in [0.2, 0.25) is 5.02 Å². The normalized spacial score (nSPS) is 11.1. The second kappa shape index (κ2) is 4.37.